The van der Waals surface area contributed by atoms with Crippen LogP contribution in [0.5, 0.6) is 0 Å². The molecule has 2 fully saturated rings. The number of ether oxygens (including phenoxy) is 1. The van der Waals surface area contributed by atoms with Crippen LogP contribution in [0.15, 0.2) is 0 Å². The van der Waals surface area contributed by atoms with E-state index in [9.17, 15) is 5.11 Å². The quantitative estimate of drug-likeness (QED) is 0.818. The van der Waals surface area contributed by atoms with Crippen LogP contribution in [0.3, 0.4) is 0 Å². The molecule has 2 heteroatoms. The third-order valence-corrected chi connectivity index (χ3v) is 4.73. The standard InChI is InChI=1S/C15H28O2/c1-14(2)10-12(15(3,4)17-14)9-13(16)11-7-5-6-8-11/h11-13,16H,5-10H2,1-4H3. The predicted molar refractivity (Wildman–Crippen MR) is 69.9 cm³/mol. The van der Waals surface area contributed by atoms with Crippen molar-refractivity contribution in [2.24, 2.45) is 11.8 Å². The van der Waals surface area contributed by atoms with Gasteiger partial charge in [-0.05, 0) is 65.2 Å². The van der Waals surface area contributed by atoms with Gasteiger partial charge in [0.05, 0.1) is 17.3 Å². The lowest BCUT2D eigenvalue weighted by atomic mass is 9.80. The molecule has 17 heavy (non-hydrogen) atoms. The highest BCUT2D eigenvalue weighted by Gasteiger charge is 2.46. The molecule has 0 bridgehead atoms. The Bertz CT molecular complexity index is 264. The molecule has 1 N–H and O–H groups in total. The molecule has 0 aromatic heterocycles. The van der Waals surface area contributed by atoms with Crippen LogP contribution in [-0.2, 0) is 4.74 Å². The summed E-state index contributed by atoms with van der Waals surface area (Å²) in [6, 6.07) is 0. The molecule has 0 amide bonds. The number of hydrogen-bond donors (Lipinski definition) is 1. The normalized spacial score (nSPS) is 34.1. The summed E-state index contributed by atoms with van der Waals surface area (Å²) < 4.78 is 6.10. The monoisotopic (exact) mass is 240 g/mol. The highest BCUT2D eigenvalue weighted by molar-refractivity contribution is 4.95. The van der Waals surface area contributed by atoms with E-state index in [4.69, 9.17) is 4.74 Å². The molecule has 1 aliphatic heterocycles. The van der Waals surface area contributed by atoms with Gasteiger partial charge in [-0.25, -0.2) is 0 Å². The molecular formula is C15H28O2. The van der Waals surface area contributed by atoms with Crippen molar-refractivity contribution >= 4 is 0 Å². The molecular weight excluding hydrogens is 212 g/mol. The van der Waals surface area contributed by atoms with Crippen LogP contribution in [0.1, 0.15) is 66.2 Å². The molecule has 1 saturated carbocycles. The van der Waals surface area contributed by atoms with Crippen molar-refractivity contribution in [3.8, 4) is 0 Å². The summed E-state index contributed by atoms with van der Waals surface area (Å²) in [5.41, 5.74) is -0.105. The summed E-state index contributed by atoms with van der Waals surface area (Å²) in [5, 5.41) is 10.4. The van der Waals surface area contributed by atoms with Crippen LogP contribution in [0.4, 0.5) is 0 Å². The summed E-state index contributed by atoms with van der Waals surface area (Å²) in [6.07, 6.45) is 6.93. The summed E-state index contributed by atoms with van der Waals surface area (Å²) in [7, 11) is 0. The van der Waals surface area contributed by atoms with E-state index in [1.165, 1.54) is 25.7 Å². The van der Waals surface area contributed by atoms with Crippen LogP contribution >= 0.6 is 0 Å². The molecule has 2 unspecified atom stereocenters. The van der Waals surface area contributed by atoms with Crippen molar-refractivity contribution in [3.05, 3.63) is 0 Å². The van der Waals surface area contributed by atoms with E-state index in [1.807, 2.05) is 0 Å². The zero-order valence-electron chi connectivity index (χ0n) is 11.8. The molecule has 2 atom stereocenters. The number of aliphatic hydroxyl groups excluding tert-OH is 1. The minimum atomic E-state index is -0.112. The van der Waals surface area contributed by atoms with Crippen molar-refractivity contribution in [3.63, 3.8) is 0 Å². The topological polar surface area (TPSA) is 29.5 Å². The molecule has 1 saturated heterocycles. The van der Waals surface area contributed by atoms with Crippen molar-refractivity contribution in [2.75, 3.05) is 0 Å². The lowest BCUT2D eigenvalue weighted by Crippen LogP contribution is -2.32. The Morgan fingerprint density at radius 3 is 2.24 bits per heavy atom. The average molecular weight is 240 g/mol. The van der Waals surface area contributed by atoms with Gasteiger partial charge < -0.3 is 9.84 Å². The first-order valence-electron chi connectivity index (χ1n) is 7.18. The van der Waals surface area contributed by atoms with E-state index in [0.717, 1.165) is 12.8 Å². The molecule has 2 aliphatic rings. The zero-order chi connectivity index (χ0) is 12.7. The fourth-order valence-corrected chi connectivity index (χ4v) is 3.87. The number of hydrogen-bond acceptors (Lipinski definition) is 2. The van der Waals surface area contributed by atoms with E-state index in [-0.39, 0.29) is 17.3 Å². The molecule has 2 nitrogen and oxygen atoms in total. The molecule has 0 radical (unpaired) electrons. The number of aliphatic hydroxyl groups is 1. The minimum Gasteiger partial charge on any atom is -0.393 e. The van der Waals surface area contributed by atoms with E-state index < -0.39 is 0 Å². The predicted octanol–water partition coefficient (Wildman–Crippen LogP) is 3.52. The van der Waals surface area contributed by atoms with Crippen LogP contribution in [0.2, 0.25) is 0 Å². The second-order valence-electron chi connectivity index (χ2n) is 7.21. The Kier molecular flexibility index (Phi) is 3.57. The Hall–Kier alpha value is -0.0800. The Labute approximate surface area is 106 Å². The van der Waals surface area contributed by atoms with Gasteiger partial charge in [-0.2, -0.15) is 0 Å². The van der Waals surface area contributed by atoms with Gasteiger partial charge in [-0.15, -0.1) is 0 Å². The lowest BCUT2D eigenvalue weighted by molar-refractivity contribution is -0.0795. The maximum Gasteiger partial charge on any atom is 0.0663 e. The molecule has 1 heterocycles. The van der Waals surface area contributed by atoms with Crippen molar-refractivity contribution in [2.45, 2.75) is 83.5 Å². The van der Waals surface area contributed by atoms with Crippen LogP contribution in [0, 0.1) is 11.8 Å². The van der Waals surface area contributed by atoms with Gasteiger partial charge >= 0.3 is 0 Å². The largest absolute Gasteiger partial charge is 0.393 e. The van der Waals surface area contributed by atoms with E-state index >= 15 is 0 Å². The molecule has 1 aliphatic carbocycles. The zero-order valence-corrected chi connectivity index (χ0v) is 11.8. The fraction of sp³-hybridized carbons (Fsp3) is 1.00. The second kappa shape index (κ2) is 4.55. The highest BCUT2D eigenvalue weighted by atomic mass is 16.5. The van der Waals surface area contributed by atoms with Gasteiger partial charge in [-0.1, -0.05) is 12.8 Å². The van der Waals surface area contributed by atoms with Crippen LogP contribution in [-0.4, -0.2) is 22.4 Å². The van der Waals surface area contributed by atoms with Gasteiger partial charge in [0.2, 0.25) is 0 Å². The fourth-order valence-electron chi connectivity index (χ4n) is 3.87. The molecule has 2 rings (SSSR count). The Balaban J connectivity index is 1.94. The average Bonchev–Trinajstić information content (AvgIpc) is 2.72. The summed E-state index contributed by atoms with van der Waals surface area (Å²) in [6.45, 7) is 8.68. The van der Waals surface area contributed by atoms with Gasteiger partial charge in [0.25, 0.3) is 0 Å². The second-order valence-corrected chi connectivity index (χ2v) is 7.21. The summed E-state index contributed by atoms with van der Waals surface area (Å²) in [4.78, 5) is 0. The van der Waals surface area contributed by atoms with E-state index in [1.54, 1.807) is 0 Å². The van der Waals surface area contributed by atoms with Gasteiger partial charge in [0.1, 0.15) is 0 Å². The van der Waals surface area contributed by atoms with E-state index in [2.05, 4.69) is 27.7 Å². The van der Waals surface area contributed by atoms with Crippen LogP contribution < -0.4 is 0 Å². The maximum absolute atomic E-state index is 10.4. The smallest absolute Gasteiger partial charge is 0.0663 e. The van der Waals surface area contributed by atoms with E-state index in [0.29, 0.717) is 11.8 Å². The molecule has 0 spiro atoms. The SMILES string of the molecule is CC1(C)CC(CC(O)C2CCCC2)C(C)(C)O1. The van der Waals surface area contributed by atoms with Crippen molar-refractivity contribution < 1.29 is 9.84 Å². The number of rotatable bonds is 3. The first-order chi connectivity index (χ1) is 7.80. The maximum atomic E-state index is 10.4. The summed E-state index contributed by atoms with van der Waals surface area (Å²) >= 11 is 0. The molecule has 100 valence electrons. The minimum absolute atomic E-state index is 0.0242. The molecule has 0 aromatic carbocycles. The van der Waals surface area contributed by atoms with Gasteiger partial charge in [0, 0.05) is 0 Å². The lowest BCUT2D eigenvalue weighted by Gasteiger charge is -2.30. The summed E-state index contributed by atoms with van der Waals surface area (Å²) in [5.74, 6) is 1.04. The van der Waals surface area contributed by atoms with Crippen LogP contribution in [0.25, 0.3) is 0 Å². The Morgan fingerprint density at radius 1 is 1.18 bits per heavy atom. The third-order valence-electron chi connectivity index (χ3n) is 4.73. The first-order valence-corrected chi connectivity index (χ1v) is 7.18. The van der Waals surface area contributed by atoms with Gasteiger partial charge in [0.15, 0.2) is 0 Å². The van der Waals surface area contributed by atoms with Gasteiger partial charge in [-0.3, -0.25) is 0 Å². The molecule has 0 aromatic rings. The van der Waals surface area contributed by atoms with Crippen molar-refractivity contribution in [1.29, 1.82) is 0 Å². The first kappa shape index (κ1) is 13.4. The van der Waals surface area contributed by atoms with Crippen molar-refractivity contribution in [1.82, 2.24) is 0 Å². The Morgan fingerprint density at radius 2 is 1.76 bits per heavy atom. The third kappa shape index (κ3) is 3.03. The highest BCUT2D eigenvalue weighted by Crippen LogP contribution is 2.45.